The highest BCUT2D eigenvalue weighted by Gasteiger charge is 2.14. The van der Waals surface area contributed by atoms with E-state index in [1.165, 1.54) is 5.56 Å². The van der Waals surface area contributed by atoms with Gasteiger partial charge in [0, 0.05) is 23.4 Å². The van der Waals surface area contributed by atoms with Gasteiger partial charge in [-0.2, -0.15) is 0 Å². The summed E-state index contributed by atoms with van der Waals surface area (Å²) in [4.78, 5) is 24.0. The molecule has 1 aromatic heterocycles. The van der Waals surface area contributed by atoms with Crippen molar-refractivity contribution in [3.8, 4) is 5.75 Å². The minimum atomic E-state index is -0.426. The molecule has 28 heavy (non-hydrogen) atoms. The number of ether oxygens (including phenoxy) is 2. The Hall–Kier alpha value is -3.08. The van der Waals surface area contributed by atoms with Crippen molar-refractivity contribution in [3.63, 3.8) is 0 Å². The molecule has 3 aromatic rings. The van der Waals surface area contributed by atoms with E-state index in [-0.39, 0.29) is 12.4 Å². The van der Waals surface area contributed by atoms with E-state index in [0.29, 0.717) is 36.5 Å². The molecule has 0 aliphatic rings. The van der Waals surface area contributed by atoms with Gasteiger partial charge in [-0.3, -0.25) is 4.79 Å². The van der Waals surface area contributed by atoms with Crippen molar-refractivity contribution < 1.29 is 18.7 Å². The summed E-state index contributed by atoms with van der Waals surface area (Å²) in [6.45, 7) is 6.43. The van der Waals surface area contributed by atoms with Crippen molar-refractivity contribution in [1.29, 1.82) is 0 Å². The summed E-state index contributed by atoms with van der Waals surface area (Å²) in [5.41, 5.74) is 3.64. The van der Waals surface area contributed by atoms with Crippen LogP contribution in [0.5, 0.6) is 5.75 Å². The maximum absolute atomic E-state index is 12.4. The summed E-state index contributed by atoms with van der Waals surface area (Å²) < 4.78 is 16.2. The first-order valence-corrected chi connectivity index (χ1v) is 9.38. The minimum absolute atomic E-state index is 0.155. The van der Waals surface area contributed by atoms with Crippen molar-refractivity contribution in [3.05, 3.63) is 75.1 Å². The molecule has 0 amide bonds. The number of aryl methyl sites for hydroxylation is 2. The van der Waals surface area contributed by atoms with Crippen LogP contribution in [0.2, 0.25) is 0 Å². The van der Waals surface area contributed by atoms with Crippen molar-refractivity contribution in [2.45, 2.75) is 40.2 Å². The smallest absolute Gasteiger partial charge is 0.339 e. The van der Waals surface area contributed by atoms with Gasteiger partial charge in [0.15, 0.2) is 0 Å². The topological polar surface area (TPSA) is 65.7 Å². The summed E-state index contributed by atoms with van der Waals surface area (Å²) in [7, 11) is 0. The third-order valence-electron chi connectivity index (χ3n) is 4.67. The van der Waals surface area contributed by atoms with Gasteiger partial charge in [0.2, 0.25) is 0 Å². The molecule has 0 fully saturated rings. The van der Waals surface area contributed by atoms with Gasteiger partial charge in [-0.05, 0) is 50.5 Å². The number of carbonyl (C=O) groups excluding carboxylic acids is 1. The second-order valence-corrected chi connectivity index (χ2v) is 6.73. The molecule has 0 spiro atoms. The Balaban J connectivity index is 1.78. The Morgan fingerprint density at radius 3 is 2.54 bits per heavy atom. The zero-order valence-corrected chi connectivity index (χ0v) is 16.4. The van der Waals surface area contributed by atoms with E-state index in [2.05, 4.69) is 0 Å². The Labute approximate surface area is 163 Å². The molecule has 0 saturated heterocycles. The van der Waals surface area contributed by atoms with Crippen LogP contribution in [-0.2, 0) is 22.6 Å². The maximum atomic E-state index is 12.4. The lowest BCUT2D eigenvalue weighted by Gasteiger charge is -2.10. The predicted molar refractivity (Wildman–Crippen MR) is 108 cm³/mol. The normalized spacial score (nSPS) is 10.8. The number of carbonyl (C=O) groups is 1. The van der Waals surface area contributed by atoms with Crippen molar-refractivity contribution >= 4 is 16.9 Å². The first kappa shape index (κ1) is 19.7. The molecular formula is C23H24O5. The molecular weight excluding hydrogens is 356 g/mol. The molecule has 0 saturated carbocycles. The zero-order chi connectivity index (χ0) is 20.1. The van der Waals surface area contributed by atoms with Gasteiger partial charge in [-0.25, -0.2) is 4.79 Å². The fourth-order valence-corrected chi connectivity index (χ4v) is 3.06. The molecule has 5 heteroatoms. The molecule has 3 rings (SSSR count). The Morgan fingerprint density at radius 1 is 1.07 bits per heavy atom. The molecule has 0 aliphatic heterocycles. The van der Waals surface area contributed by atoms with Gasteiger partial charge in [-0.15, -0.1) is 0 Å². The fourth-order valence-electron chi connectivity index (χ4n) is 3.06. The maximum Gasteiger partial charge on any atom is 0.339 e. The van der Waals surface area contributed by atoms with Crippen LogP contribution < -0.4 is 10.4 Å². The summed E-state index contributed by atoms with van der Waals surface area (Å²) in [6.07, 6.45) is 0.456. The molecule has 0 bridgehead atoms. The van der Waals surface area contributed by atoms with Gasteiger partial charge < -0.3 is 13.9 Å². The Kier molecular flexibility index (Phi) is 6.14. The van der Waals surface area contributed by atoms with Crippen LogP contribution >= 0.6 is 0 Å². The van der Waals surface area contributed by atoms with Crippen LogP contribution in [0.15, 0.2) is 51.7 Å². The summed E-state index contributed by atoms with van der Waals surface area (Å²) in [5, 5.41) is 0.834. The molecule has 1 heterocycles. The van der Waals surface area contributed by atoms with Crippen molar-refractivity contribution in [2.24, 2.45) is 0 Å². The number of fused-ring (bicyclic) bond motifs is 1. The van der Waals surface area contributed by atoms with Gasteiger partial charge in [0.1, 0.15) is 17.9 Å². The average Bonchev–Trinajstić information content (AvgIpc) is 2.67. The van der Waals surface area contributed by atoms with E-state index in [1.807, 2.05) is 50.2 Å². The second-order valence-electron chi connectivity index (χ2n) is 6.73. The molecule has 5 nitrogen and oxygen atoms in total. The van der Waals surface area contributed by atoms with Gasteiger partial charge in [0.25, 0.3) is 0 Å². The molecule has 0 unspecified atom stereocenters. The van der Waals surface area contributed by atoms with E-state index in [1.54, 1.807) is 13.0 Å². The SMILES string of the molecule is CCOC(=O)CCc1c(C)c2ccc(OCc3ccc(C)cc3)cc2oc1=O. The molecule has 146 valence electrons. The Morgan fingerprint density at radius 2 is 1.82 bits per heavy atom. The standard InChI is InChI=1S/C23H24O5/c1-4-26-22(24)12-11-20-16(3)19-10-9-18(13-21(19)28-23(20)25)27-14-17-7-5-15(2)6-8-17/h5-10,13H,4,11-12,14H2,1-3H3. The summed E-state index contributed by atoms with van der Waals surface area (Å²) >= 11 is 0. The number of rotatable bonds is 7. The predicted octanol–water partition coefficient (Wildman–Crippen LogP) is 4.48. The molecule has 0 radical (unpaired) electrons. The van der Waals surface area contributed by atoms with Crippen LogP contribution in [0.3, 0.4) is 0 Å². The van der Waals surface area contributed by atoms with Gasteiger partial charge >= 0.3 is 11.6 Å². The highest BCUT2D eigenvalue weighted by atomic mass is 16.5. The average molecular weight is 380 g/mol. The lowest BCUT2D eigenvalue weighted by molar-refractivity contribution is -0.143. The minimum Gasteiger partial charge on any atom is -0.489 e. The first-order valence-electron chi connectivity index (χ1n) is 9.38. The molecule has 2 aromatic carbocycles. The number of hydrogen-bond donors (Lipinski definition) is 0. The third kappa shape index (κ3) is 4.60. The van der Waals surface area contributed by atoms with Crippen LogP contribution in [0.4, 0.5) is 0 Å². The second kappa shape index (κ2) is 8.74. The number of esters is 1. The van der Waals surface area contributed by atoms with Crippen LogP contribution in [-0.4, -0.2) is 12.6 Å². The Bertz CT molecular complexity index is 1030. The highest BCUT2D eigenvalue weighted by Crippen LogP contribution is 2.25. The van der Waals surface area contributed by atoms with Gasteiger partial charge in [0.05, 0.1) is 6.61 Å². The van der Waals surface area contributed by atoms with Crippen LogP contribution in [0, 0.1) is 13.8 Å². The van der Waals surface area contributed by atoms with Crippen LogP contribution in [0.1, 0.15) is 35.6 Å². The monoisotopic (exact) mass is 380 g/mol. The van der Waals surface area contributed by atoms with E-state index < -0.39 is 5.63 Å². The van der Waals surface area contributed by atoms with Crippen molar-refractivity contribution in [1.82, 2.24) is 0 Å². The van der Waals surface area contributed by atoms with Crippen LogP contribution in [0.25, 0.3) is 11.0 Å². The molecule has 0 N–H and O–H groups in total. The highest BCUT2D eigenvalue weighted by molar-refractivity contribution is 5.82. The summed E-state index contributed by atoms with van der Waals surface area (Å²) in [6, 6.07) is 13.6. The van der Waals surface area contributed by atoms with Gasteiger partial charge in [-0.1, -0.05) is 29.8 Å². The first-order chi connectivity index (χ1) is 13.5. The number of benzene rings is 2. The largest absolute Gasteiger partial charge is 0.489 e. The lowest BCUT2D eigenvalue weighted by Crippen LogP contribution is -2.13. The quantitative estimate of drug-likeness (QED) is 0.446. The molecule has 0 aliphatic carbocycles. The van der Waals surface area contributed by atoms with Crippen molar-refractivity contribution in [2.75, 3.05) is 6.61 Å². The third-order valence-corrected chi connectivity index (χ3v) is 4.67. The molecule has 0 atom stereocenters. The van der Waals surface area contributed by atoms with E-state index in [0.717, 1.165) is 16.5 Å². The number of hydrogen-bond acceptors (Lipinski definition) is 5. The van der Waals surface area contributed by atoms with E-state index >= 15 is 0 Å². The van der Waals surface area contributed by atoms with E-state index in [4.69, 9.17) is 13.9 Å². The lowest BCUT2D eigenvalue weighted by atomic mass is 10.0. The van der Waals surface area contributed by atoms with E-state index in [9.17, 15) is 9.59 Å². The fraction of sp³-hybridized carbons (Fsp3) is 0.304. The zero-order valence-electron chi connectivity index (χ0n) is 16.4. The summed E-state index contributed by atoms with van der Waals surface area (Å²) in [5.74, 6) is 0.316.